The Morgan fingerprint density at radius 1 is 0.778 bits per heavy atom. The van der Waals surface area contributed by atoms with E-state index in [1.54, 1.807) is 35.6 Å². The van der Waals surface area contributed by atoms with Crippen molar-refractivity contribution in [2.24, 2.45) is 4.40 Å². The molecule has 0 fully saturated rings. The average Bonchev–Trinajstić information content (AvgIpc) is 3.89. The third-order valence-corrected chi connectivity index (χ3v) is 10.4. The van der Waals surface area contributed by atoms with E-state index in [9.17, 15) is 10.5 Å². The molecule has 7 rings (SSSR count). The first-order valence-corrected chi connectivity index (χ1v) is 16.7. The van der Waals surface area contributed by atoms with Gasteiger partial charge in [0.15, 0.2) is 0 Å². The van der Waals surface area contributed by atoms with Gasteiger partial charge in [-0.3, -0.25) is 5.41 Å². The predicted octanol–water partition coefficient (Wildman–Crippen LogP) is 8.93. The van der Waals surface area contributed by atoms with Crippen molar-refractivity contribution in [2.75, 3.05) is 0 Å². The summed E-state index contributed by atoms with van der Waals surface area (Å²) >= 11 is 9.36. The third-order valence-electron chi connectivity index (χ3n) is 7.03. The second-order valence-corrected chi connectivity index (χ2v) is 13.1. The topological polar surface area (TPSA) is 135 Å². The summed E-state index contributed by atoms with van der Waals surface area (Å²) in [6.07, 6.45) is 8.86. The van der Waals surface area contributed by atoms with Crippen LogP contribution < -0.4 is 0 Å². The fourth-order valence-corrected chi connectivity index (χ4v) is 8.16. The van der Waals surface area contributed by atoms with E-state index < -0.39 is 0 Å². The van der Waals surface area contributed by atoms with Crippen molar-refractivity contribution in [1.82, 2.24) is 17.5 Å². The molecule has 4 aromatic heterocycles. The number of nitrogens with zero attached hydrogens (tertiary/aromatic N) is 7. The Hall–Kier alpha value is -4.89. The number of thiol groups is 1. The standard InChI is InChI=1S/C32H16N8S5/c33-15-17(21-3-1-5-25(36-41)29(21)35)13-19-7-11-27(42-19)23-9-10-24(32-31(23)39-45-40-32)28-12-8-20(43-28)14-18(16-34)22-4-2-6-26-30(22)38-44-37-26/h1-14,35,41H/b17-13+,18-14+,35-29?,36-25?. The number of thiophene rings is 2. The van der Waals surface area contributed by atoms with E-state index in [-0.39, 0.29) is 5.71 Å². The van der Waals surface area contributed by atoms with Gasteiger partial charge in [0.1, 0.15) is 22.1 Å². The Morgan fingerprint density at radius 3 is 2.04 bits per heavy atom. The van der Waals surface area contributed by atoms with E-state index in [0.29, 0.717) is 22.4 Å². The summed E-state index contributed by atoms with van der Waals surface area (Å²) in [6, 6.07) is 22.4. The number of fused-ring (bicyclic) bond motifs is 2. The van der Waals surface area contributed by atoms with Gasteiger partial charge >= 0.3 is 0 Å². The molecule has 1 aliphatic rings. The van der Waals surface area contributed by atoms with Gasteiger partial charge in [-0.1, -0.05) is 36.4 Å². The van der Waals surface area contributed by atoms with E-state index in [2.05, 4.69) is 59.0 Å². The fourth-order valence-electron chi connectivity index (χ4n) is 4.91. The van der Waals surface area contributed by atoms with E-state index in [0.717, 1.165) is 70.0 Å². The molecule has 0 radical (unpaired) electrons. The molecule has 0 unspecified atom stereocenters. The van der Waals surface area contributed by atoms with Crippen LogP contribution in [0, 0.1) is 28.1 Å². The Bertz CT molecular complexity index is 2400. The number of nitriles is 2. The van der Waals surface area contributed by atoms with Crippen LogP contribution in [-0.4, -0.2) is 28.9 Å². The van der Waals surface area contributed by atoms with Gasteiger partial charge in [0.2, 0.25) is 0 Å². The smallest absolute Gasteiger partial charge is 0.114 e. The summed E-state index contributed by atoms with van der Waals surface area (Å²) < 4.78 is 21.8. The number of hydrogen-bond acceptors (Lipinski definition) is 13. The maximum atomic E-state index is 9.96. The van der Waals surface area contributed by atoms with Gasteiger partial charge in [-0.15, -0.1) is 22.7 Å². The minimum absolute atomic E-state index is 0.160. The molecule has 0 bridgehead atoms. The summed E-state index contributed by atoms with van der Waals surface area (Å²) in [4.78, 5) is 3.83. The molecule has 214 valence electrons. The lowest BCUT2D eigenvalue weighted by Gasteiger charge is -2.10. The van der Waals surface area contributed by atoms with Crippen molar-refractivity contribution >= 4 is 110 Å². The summed E-state index contributed by atoms with van der Waals surface area (Å²) in [7, 11) is 0. The Morgan fingerprint density at radius 2 is 1.40 bits per heavy atom. The van der Waals surface area contributed by atoms with Crippen LogP contribution in [-0.2, 0) is 0 Å². The van der Waals surface area contributed by atoms with Crippen molar-refractivity contribution in [3.8, 4) is 33.0 Å². The minimum atomic E-state index is 0.160. The number of allylic oxidation sites excluding steroid dienone is 6. The minimum Gasteiger partial charge on any atom is -0.298 e. The van der Waals surface area contributed by atoms with Crippen molar-refractivity contribution in [3.63, 3.8) is 0 Å². The summed E-state index contributed by atoms with van der Waals surface area (Å²) in [5.41, 5.74) is 7.79. The van der Waals surface area contributed by atoms with Crippen molar-refractivity contribution < 1.29 is 0 Å². The van der Waals surface area contributed by atoms with Gasteiger partial charge in [-0.05, 0) is 61.4 Å². The first-order chi connectivity index (χ1) is 22.1. The van der Waals surface area contributed by atoms with Crippen LogP contribution in [0.3, 0.4) is 0 Å². The zero-order chi connectivity index (χ0) is 30.9. The molecule has 1 N–H and O–H groups in total. The van der Waals surface area contributed by atoms with Gasteiger partial charge < -0.3 is 0 Å². The quantitative estimate of drug-likeness (QED) is 0.103. The maximum absolute atomic E-state index is 9.96. The number of hydrogen-bond donors (Lipinski definition) is 2. The molecule has 0 atom stereocenters. The zero-order valence-electron chi connectivity index (χ0n) is 22.8. The maximum Gasteiger partial charge on any atom is 0.114 e. The summed E-state index contributed by atoms with van der Waals surface area (Å²) in [5.74, 6) is 0. The molecule has 13 heteroatoms. The van der Waals surface area contributed by atoms with Crippen LogP contribution >= 0.6 is 58.9 Å². The monoisotopic (exact) mass is 672 g/mol. The molecule has 0 amide bonds. The Kier molecular flexibility index (Phi) is 7.85. The number of rotatable bonds is 6. The SMILES string of the molecule is N#C/C(=C\c1ccc(-c2ccc(-c3ccc(/C=C(\C#N)c4cccc5nsnc45)s3)c3nsnc23)s1)C1=CC=CC(=NS)C1=N. The molecule has 4 heterocycles. The molecular weight excluding hydrogens is 657 g/mol. The van der Waals surface area contributed by atoms with Crippen LogP contribution in [0.1, 0.15) is 15.3 Å². The Labute approximate surface area is 278 Å². The predicted molar refractivity (Wildman–Crippen MR) is 190 cm³/mol. The van der Waals surface area contributed by atoms with Crippen LogP contribution in [0.5, 0.6) is 0 Å². The molecule has 0 saturated carbocycles. The fraction of sp³-hybridized carbons (Fsp3) is 0. The van der Waals surface area contributed by atoms with Gasteiger partial charge in [0.25, 0.3) is 0 Å². The van der Waals surface area contributed by atoms with Gasteiger partial charge in [0.05, 0.1) is 58.2 Å². The van der Waals surface area contributed by atoms with Crippen LogP contribution in [0.2, 0.25) is 0 Å². The molecule has 8 nitrogen and oxygen atoms in total. The Balaban J connectivity index is 1.20. The second kappa shape index (κ2) is 12.2. The van der Waals surface area contributed by atoms with Crippen molar-refractivity contribution in [3.05, 3.63) is 99.3 Å². The lowest BCUT2D eigenvalue weighted by Crippen LogP contribution is -2.16. The van der Waals surface area contributed by atoms with E-state index in [1.165, 1.54) is 23.1 Å². The lowest BCUT2D eigenvalue weighted by molar-refractivity contribution is 1.45. The van der Waals surface area contributed by atoms with Gasteiger partial charge in [0, 0.05) is 41.8 Å². The summed E-state index contributed by atoms with van der Waals surface area (Å²) in [6.45, 7) is 0. The van der Waals surface area contributed by atoms with E-state index in [1.807, 2.05) is 48.5 Å². The zero-order valence-corrected chi connectivity index (χ0v) is 27.0. The number of aromatic nitrogens is 4. The highest BCUT2D eigenvalue weighted by atomic mass is 32.1. The molecule has 2 aromatic carbocycles. The molecule has 0 spiro atoms. The van der Waals surface area contributed by atoms with Crippen LogP contribution in [0.25, 0.3) is 60.7 Å². The molecule has 6 aromatic rings. The highest BCUT2D eigenvalue weighted by Crippen LogP contribution is 2.40. The molecule has 0 saturated heterocycles. The number of nitrogens with one attached hydrogen (secondary N) is 1. The van der Waals surface area contributed by atoms with Gasteiger partial charge in [-0.2, -0.15) is 28.0 Å². The third kappa shape index (κ3) is 5.37. The lowest BCUT2D eigenvalue weighted by atomic mass is 9.94. The molecule has 0 aliphatic heterocycles. The van der Waals surface area contributed by atoms with Gasteiger partial charge in [-0.25, -0.2) is 4.40 Å². The van der Waals surface area contributed by atoms with Crippen molar-refractivity contribution in [2.45, 2.75) is 0 Å². The molecule has 1 aliphatic carbocycles. The van der Waals surface area contributed by atoms with Crippen LogP contribution in [0.15, 0.2) is 88.4 Å². The van der Waals surface area contributed by atoms with Crippen molar-refractivity contribution in [1.29, 1.82) is 15.9 Å². The molecular formula is C32H16N8S5. The van der Waals surface area contributed by atoms with Crippen LogP contribution in [0.4, 0.5) is 0 Å². The highest BCUT2D eigenvalue weighted by Gasteiger charge is 2.19. The first kappa shape index (κ1) is 28.9. The second-order valence-electron chi connectivity index (χ2n) is 9.60. The first-order valence-electron chi connectivity index (χ1n) is 13.2. The summed E-state index contributed by atoms with van der Waals surface area (Å²) in [5, 5.41) is 28.2. The number of benzene rings is 2. The van der Waals surface area contributed by atoms with E-state index >= 15 is 0 Å². The highest BCUT2D eigenvalue weighted by molar-refractivity contribution is 7.79. The largest absolute Gasteiger partial charge is 0.298 e. The average molecular weight is 673 g/mol. The van der Waals surface area contributed by atoms with E-state index in [4.69, 9.17) is 5.41 Å². The molecule has 45 heavy (non-hydrogen) atoms. The normalized spacial score (nSPS) is 14.7.